The Balaban J connectivity index is 2.18. The number of hydrogen-bond acceptors (Lipinski definition) is 4. The molecule has 1 aromatic heterocycles. The normalized spacial score (nSPS) is 9.81. The van der Waals surface area contributed by atoms with Gasteiger partial charge in [0.2, 0.25) is 5.91 Å². The third-order valence-electron chi connectivity index (χ3n) is 1.96. The summed E-state index contributed by atoms with van der Waals surface area (Å²) in [5.74, 6) is -0.370. The van der Waals surface area contributed by atoms with Crippen LogP contribution in [0.1, 0.15) is 10.6 Å². The third-order valence-corrected chi connectivity index (χ3v) is 2.95. The minimum Gasteiger partial charge on any atom is -0.370 e. The fourth-order valence-electron chi connectivity index (χ4n) is 1.12. The number of aryl methyl sites for hydroxylation is 1. The van der Waals surface area contributed by atoms with Gasteiger partial charge in [0, 0.05) is 17.8 Å². The van der Waals surface area contributed by atoms with Crippen molar-refractivity contribution in [1.29, 1.82) is 5.41 Å². The van der Waals surface area contributed by atoms with E-state index < -0.39 is 0 Å². The molecule has 0 aliphatic heterocycles. The SMILES string of the molecule is Cc1ncsc1CCNC(=O)CNC(=N)N. The smallest absolute Gasteiger partial charge is 0.239 e. The highest BCUT2D eigenvalue weighted by atomic mass is 32.1. The lowest BCUT2D eigenvalue weighted by Crippen LogP contribution is -2.40. The molecule has 0 spiro atoms. The number of nitrogens with zero attached hydrogens (tertiary/aromatic N) is 1. The second-order valence-electron chi connectivity index (χ2n) is 3.23. The average molecular weight is 241 g/mol. The molecule has 1 heterocycles. The minimum atomic E-state index is -0.201. The highest BCUT2D eigenvalue weighted by Crippen LogP contribution is 2.11. The van der Waals surface area contributed by atoms with E-state index in [0.717, 1.165) is 12.1 Å². The van der Waals surface area contributed by atoms with Crippen LogP contribution in [0.3, 0.4) is 0 Å². The molecule has 7 heteroatoms. The summed E-state index contributed by atoms with van der Waals surface area (Å²) in [7, 11) is 0. The summed E-state index contributed by atoms with van der Waals surface area (Å²) >= 11 is 1.59. The molecule has 88 valence electrons. The fraction of sp³-hybridized carbons (Fsp3) is 0.444. The topological polar surface area (TPSA) is 104 Å². The number of nitrogens with one attached hydrogen (secondary N) is 3. The van der Waals surface area contributed by atoms with Crippen LogP contribution < -0.4 is 16.4 Å². The zero-order valence-corrected chi connectivity index (χ0v) is 9.86. The number of carbonyl (C=O) groups excluding carboxylic acids is 1. The molecule has 1 rings (SSSR count). The van der Waals surface area contributed by atoms with Gasteiger partial charge in [-0.1, -0.05) is 0 Å². The highest BCUT2D eigenvalue weighted by molar-refractivity contribution is 7.09. The lowest BCUT2D eigenvalue weighted by atomic mass is 10.3. The first kappa shape index (κ1) is 12.4. The van der Waals surface area contributed by atoms with Crippen molar-refractivity contribution in [2.75, 3.05) is 13.1 Å². The number of guanidine groups is 1. The number of amides is 1. The maximum absolute atomic E-state index is 11.2. The van der Waals surface area contributed by atoms with Gasteiger partial charge in [-0.3, -0.25) is 10.2 Å². The molecule has 5 N–H and O–H groups in total. The van der Waals surface area contributed by atoms with E-state index in [1.54, 1.807) is 16.8 Å². The van der Waals surface area contributed by atoms with Crippen molar-refractivity contribution in [2.24, 2.45) is 5.73 Å². The fourth-order valence-corrected chi connectivity index (χ4v) is 1.90. The summed E-state index contributed by atoms with van der Waals surface area (Å²) in [4.78, 5) is 16.5. The molecule has 0 radical (unpaired) electrons. The molecule has 0 unspecified atom stereocenters. The zero-order valence-electron chi connectivity index (χ0n) is 9.04. The predicted octanol–water partition coefficient (Wildman–Crippen LogP) is -0.407. The Labute approximate surface area is 97.8 Å². The van der Waals surface area contributed by atoms with Gasteiger partial charge in [-0.05, 0) is 6.92 Å². The Bertz CT molecular complexity index is 376. The van der Waals surface area contributed by atoms with E-state index in [0.29, 0.717) is 6.54 Å². The second-order valence-corrected chi connectivity index (χ2v) is 4.17. The lowest BCUT2D eigenvalue weighted by Gasteiger charge is -2.05. The van der Waals surface area contributed by atoms with Crippen molar-refractivity contribution >= 4 is 23.2 Å². The van der Waals surface area contributed by atoms with Crippen LogP contribution in [0.15, 0.2) is 5.51 Å². The molecule has 0 aliphatic carbocycles. The van der Waals surface area contributed by atoms with Crippen LogP contribution in [0.5, 0.6) is 0 Å². The van der Waals surface area contributed by atoms with Gasteiger partial charge in [0.25, 0.3) is 0 Å². The molecule has 16 heavy (non-hydrogen) atoms. The maximum Gasteiger partial charge on any atom is 0.239 e. The molecule has 1 aromatic rings. The first-order chi connectivity index (χ1) is 7.59. The van der Waals surface area contributed by atoms with Gasteiger partial charge in [0.05, 0.1) is 17.7 Å². The van der Waals surface area contributed by atoms with Crippen LogP contribution in [0.4, 0.5) is 0 Å². The summed E-state index contributed by atoms with van der Waals surface area (Å²) in [6.45, 7) is 2.56. The molecule has 0 aliphatic rings. The Morgan fingerprint density at radius 2 is 2.38 bits per heavy atom. The summed E-state index contributed by atoms with van der Waals surface area (Å²) < 4.78 is 0. The molecular weight excluding hydrogens is 226 g/mol. The van der Waals surface area contributed by atoms with Crippen molar-refractivity contribution in [3.8, 4) is 0 Å². The van der Waals surface area contributed by atoms with E-state index in [1.807, 2.05) is 6.92 Å². The van der Waals surface area contributed by atoms with E-state index in [2.05, 4.69) is 15.6 Å². The van der Waals surface area contributed by atoms with Crippen LogP contribution in [0, 0.1) is 12.3 Å². The van der Waals surface area contributed by atoms with Crippen LogP contribution in [0.2, 0.25) is 0 Å². The minimum absolute atomic E-state index is 0.0387. The van der Waals surface area contributed by atoms with Crippen molar-refractivity contribution in [3.63, 3.8) is 0 Å². The van der Waals surface area contributed by atoms with Crippen molar-refractivity contribution < 1.29 is 4.79 Å². The van der Waals surface area contributed by atoms with Gasteiger partial charge in [0.1, 0.15) is 0 Å². The van der Waals surface area contributed by atoms with E-state index in [4.69, 9.17) is 11.1 Å². The Morgan fingerprint density at radius 3 is 2.94 bits per heavy atom. The molecule has 0 fully saturated rings. The number of thiazole rings is 1. The third kappa shape index (κ3) is 4.26. The van der Waals surface area contributed by atoms with Crippen LogP contribution in [0.25, 0.3) is 0 Å². The molecule has 6 nitrogen and oxygen atoms in total. The van der Waals surface area contributed by atoms with E-state index in [1.165, 1.54) is 4.88 Å². The van der Waals surface area contributed by atoms with Gasteiger partial charge >= 0.3 is 0 Å². The van der Waals surface area contributed by atoms with E-state index >= 15 is 0 Å². The van der Waals surface area contributed by atoms with E-state index in [-0.39, 0.29) is 18.4 Å². The Morgan fingerprint density at radius 1 is 1.62 bits per heavy atom. The molecule has 0 bridgehead atoms. The Hall–Kier alpha value is -1.63. The van der Waals surface area contributed by atoms with Crippen molar-refractivity contribution in [2.45, 2.75) is 13.3 Å². The first-order valence-electron chi connectivity index (χ1n) is 4.83. The monoisotopic (exact) mass is 241 g/mol. The predicted molar refractivity (Wildman–Crippen MR) is 63.5 cm³/mol. The van der Waals surface area contributed by atoms with Gasteiger partial charge in [-0.25, -0.2) is 4.98 Å². The van der Waals surface area contributed by atoms with E-state index in [9.17, 15) is 4.79 Å². The van der Waals surface area contributed by atoms with Gasteiger partial charge in [-0.15, -0.1) is 11.3 Å². The van der Waals surface area contributed by atoms with Crippen LogP contribution in [-0.4, -0.2) is 29.9 Å². The standard InChI is InChI=1S/C9H15N5OS/c1-6-7(16-5-14-6)2-3-12-8(15)4-13-9(10)11/h5H,2-4H2,1H3,(H,12,15)(H4,10,11,13). The molecule has 0 saturated heterocycles. The number of carbonyl (C=O) groups is 1. The maximum atomic E-state index is 11.2. The highest BCUT2D eigenvalue weighted by Gasteiger charge is 2.03. The molecule has 0 aromatic carbocycles. The quantitative estimate of drug-likeness (QED) is 0.415. The largest absolute Gasteiger partial charge is 0.370 e. The summed E-state index contributed by atoms with van der Waals surface area (Å²) in [6.07, 6.45) is 0.780. The molecule has 0 saturated carbocycles. The first-order valence-corrected chi connectivity index (χ1v) is 5.71. The summed E-state index contributed by atoms with van der Waals surface area (Å²) in [5, 5.41) is 12.1. The Kier molecular flexibility index (Phi) is 4.71. The zero-order chi connectivity index (χ0) is 12.0. The summed E-state index contributed by atoms with van der Waals surface area (Å²) in [5.41, 5.74) is 7.86. The lowest BCUT2D eigenvalue weighted by molar-refractivity contribution is -0.119. The average Bonchev–Trinajstić information content (AvgIpc) is 2.61. The van der Waals surface area contributed by atoms with Crippen molar-refractivity contribution in [3.05, 3.63) is 16.1 Å². The summed E-state index contributed by atoms with van der Waals surface area (Å²) in [6, 6.07) is 0. The molecular formula is C9H15N5OS. The van der Waals surface area contributed by atoms with Gasteiger partial charge in [0.15, 0.2) is 5.96 Å². The van der Waals surface area contributed by atoms with Gasteiger partial charge < -0.3 is 16.4 Å². The second kappa shape index (κ2) is 6.06. The number of nitrogens with two attached hydrogens (primary N) is 1. The number of rotatable bonds is 5. The number of aromatic nitrogens is 1. The van der Waals surface area contributed by atoms with Crippen molar-refractivity contribution in [1.82, 2.24) is 15.6 Å². The van der Waals surface area contributed by atoms with Gasteiger partial charge in [-0.2, -0.15) is 0 Å². The molecule has 0 atom stereocenters. The molecule has 1 amide bonds. The van der Waals surface area contributed by atoms with Crippen LogP contribution >= 0.6 is 11.3 Å². The van der Waals surface area contributed by atoms with Crippen LogP contribution in [-0.2, 0) is 11.2 Å². The number of hydrogen-bond donors (Lipinski definition) is 4.